The van der Waals surface area contributed by atoms with Gasteiger partial charge in [-0.1, -0.05) is 17.7 Å². The molecule has 118 valence electrons. The van der Waals surface area contributed by atoms with Crippen LogP contribution in [-0.2, 0) is 0 Å². The molecule has 0 radical (unpaired) electrons. The number of fused-ring (bicyclic) bond motifs is 1. The van der Waals surface area contributed by atoms with E-state index < -0.39 is 0 Å². The third kappa shape index (κ3) is 3.05. The molecule has 1 heterocycles. The zero-order chi connectivity index (χ0) is 16.6. The van der Waals surface area contributed by atoms with Crippen molar-refractivity contribution in [1.82, 2.24) is 0 Å². The van der Waals surface area contributed by atoms with Crippen LogP contribution in [0.25, 0.3) is 10.1 Å². The van der Waals surface area contributed by atoms with Gasteiger partial charge in [0.1, 0.15) is 10.6 Å². The molecule has 0 spiro atoms. The second-order valence-corrected chi connectivity index (χ2v) is 6.79. The van der Waals surface area contributed by atoms with Gasteiger partial charge in [0.05, 0.1) is 12.1 Å². The van der Waals surface area contributed by atoms with E-state index in [4.69, 9.17) is 16.3 Å². The standard InChI is InChI=1S/C18H16ClNO2S/c1-10-4-5-12(8-11(10)2)20-18(21)17-16(19)14-9-13(22-3)6-7-15(14)23-17/h4-9H,1-3H3,(H,20,21). The van der Waals surface area contributed by atoms with E-state index in [0.29, 0.717) is 9.90 Å². The number of thiophene rings is 1. The summed E-state index contributed by atoms with van der Waals surface area (Å²) in [6.07, 6.45) is 0. The van der Waals surface area contributed by atoms with Gasteiger partial charge in [-0.15, -0.1) is 11.3 Å². The molecule has 0 saturated carbocycles. The van der Waals surface area contributed by atoms with Crippen molar-refractivity contribution in [3.05, 3.63) is 57.4 Å². The smallest absolute Gasteiger partial charge is 0.267 e. The highest BCUT2D eigenvalue weighted by atomic mass is 35.5. The molecule has 0 aliphatic carbocycles. The second-order valence-electron chi connectivity index (χ2n) is 5.36. The number of hydrogen-bond donors (Lipinski definition) is 1. The third-order valence-corrected chi connectivity index (χ3v) is 5.48. The van der Waals surface area contributed by atoms with E-state index in [-0.39, 0.29) is 5.91 Å². The summed E-state index contributed by atoms with van der Waals surface area (Å²) < 4.78 is 6.17. The maximum atomic E-state index is 12.5. The van der Waals surface area contributed by atoms with E-state index in [1.54, 1.807) is 7.11 Å². The molecule has 3 nitrogen and oxygen atoms in total. The maximum Gasteiger partial charge on any atom is 0.267 e. The topological polar surface area (TPSA) is 38.3 Å². The minimum atomic E-state index is -0.196. The molecule has 0 unspecified atom stereocenters. The van der Waals surface area contributed by atoms with E-state index in [1.165, 1.54) is 16.9 Å². The van der Waals surface area contributed by atoms with Gasteiger partial charge in [0, 0.05) is 15.8 Å². The number of aryl methyl sites for hydroxylation is 2. The molecule has 0 aliphatic heterocycles. The highest BCUT2D eigenvalue weighted by Crippen LogP contribution is 2.37. The fourth-order valence-electron chi connectivity index (χ4n) is 2.33. The molecule has 1 amide bonds. The van der Waals surface area contributed by atoms with Gasteiger partial charge in [-0.2, -0.15) is 0 Å². The SMILES string of the molecule is COc1ccc2sc(C(=O)Nc3ccc(C)c(C)c3)c(Cl)c2c1. The maximum absolute atomic E-state index is 12.5. The summed E-state index contributed by atoms with van der Waals surface area (Å²) in [4.78, 5) is 13.0. The lowest BCUT2D eigenvalue weighted by Crippen LogP contribution is -2.10. The third-order valence-electron chi connectivity index (χ3n) is 3.81. The molecule has 3 aromatic rings. The highest BCUT2D eigenvalue weighted by Gasteiger charge is 2.18. The molecule has 0 saturated heterocycles. The van der Waals surface area contributed by atoms with Crippen LogP contribution in [-0.4, -0.2) is 13.0 Å². The summed E-state index contributed by atoms with van der Waals surface area (Å²) in [6.45, 7) is 4.06. The van der Waals surface area contributed by atoms with Gasteiger partial charge in [-0.3, -0.25) is 4.79 Å². The van der Waals surface area contributed by atoms with Gasteiger partial charge in [0.15, 0.2) is 0 Å². The van der Waals surface area contributed by atoms with E-state index in [9.17, 15) is 4.79 Å². The van der Waals surface area contributed by atoms with Crippen molar-refractivity contribution in [2.75, 3.05) is 12.4 Å². The molecule has 0 aliphatic rings. The molecule has 0 bridgehead atoms. The molecule has 0 atom stereocenters. The summed E-state index contributed by atoms with van der Waals surface area (Å²) in [5, 5.41) is 4.21. The molecular weight excluding hydrogens is 330 g/mol. The number of anilines is 1. The van der Waals surface area contributed by atoms with Crippen LogP contribution in [0.15, 0.2) is 36.4 Å². The lowest BCUT2D eigenvalue weighted by Gasteiger charge is -2.07. The van der Waals surface area contributed by atoms with Gasteiger partial charge in [-0.05, 0) is 55.3 Å². The molecule has 0 fully saturated rings. The first-order valence-corrected chi connectivity index (χ1v) is 8.33. The number of hydrogen-bond acceptors (Lipinski definition) is 3. The van der Waals surface area contributed by atoms with Gasteiger partial charge in [-0.25, -0.2) is 0 Å². The lowest BCUT2D eigenvalue weighted by molar-refractivity contribution is 0.103. The number of benzene rings is 2. The zero-order valence-corrected chi connectivity index (χ0v) is 14.6. The molecule has 5 heteroatoms. The fraction of sp³-hybridized carbons (Fsp3) is 0.167. The Morgan fingerprint density at radius 1 is 1.13 bits per heavy atom. The van der Waals surface area contributed by atoms with E-state index in [2.05, 4.69) is 5.32 Å². The molecule has 3 rings (SSSR count). The number of rotatable bonds is 3. The van der Waals surface area contributed by atoms with Gasteiger partial charge >= 0.3 is 0 Å². The second kappa shape index (κ2) is 6.22. The summed E-state index contributed by atoms with van der Waals surface area (Å²) in [6, 6.07) is 11.5. The van der Waals surface area contributed by atoms with Crippen LogP contribution < -0.4 is 10.1 Å². The van der Waals surface area contributed by atoms with Crippen LogP contribution in [0.4, 0.5) is 5.69 Å². The summed E-state index contributed by atoms with van der Waals surface area (Å²) >= 11 is 7.78. The van der Waals surface area contributed by atoms with Crippen LogP contribution in [0.2, 0.25) is 5.02 Å². The number of ether oxygens (including phenoxy) is 1. The lowest BCUT2D eigenvalue weighted by atomic mass is 10.1. The number of carbonyl (C=O) groups excluding carboxylic acids is 1. The average Bonchev–Trinajstić information content (AvgIpc) is 2.87. The average molecular weight is 346 g/mol. The Bertz CT molecular complexity index is 901. The summed E-state index contributed by atoms with van der Waals surface area (Å²) in [7, 11) is 1.61. The number of carbonyl (C=O) groups is 1. The number of halogens is 1. The largest absolute Gasteiger partial charge is 0.497 e. The number of methoxy groups -OCH3 is 1. The van der Waals surface area contributed by atoms with Crippen molar-refractivity contribution in [3.8, 4) is 5.75 Å². The van der Waals surface area contributed by atoms with Crippen molar-refractivity contribution >= 4 is 44.6 Å². The first kappa shape index (κ1) is 15.8. The monoisotopic (exact) mass is 345 g/mol. The van der Waals surface area contributed by atoms with Crippen LogP contribution in [0.3, 0.4) is 0 Å². The van der Waals surface area contributed by atoms with Crippen molar-refractivity contribution in [2.45, 2.75) is 13.8 Å². The molecular formula is C18H16ClNO2S. The first-order chi connectivity index (χ1) is 11.0. The Morgan fingerprint density at radius 3 is 2.61 bits per heavy atom. The Hall–Kier alpha value is -2.04. The minimum Gasteiger partial charge on any atom is -0.497 e. The predicted molar refractivity (Wildman–Crippen MR) is 97.3 cm³/mol. The highest BCUT2D eigenvalue weighted by molar-refractivity contribution is 7.21. The first-order valence-electron chi connectivity index (χ1n) is 7.14. The Kier molecular flexibility index (Phi) is 4.28. The van der Waals surface area contributed by atoms with Crippen LogP contribution in [0.5, 0.6) is 5.75 Å². The predicted octanol–water partition coefficient (Wildman–Crippen LogP) is 5.43. The van der Waals surface area contributed by atoms with Gasteiger partial charge in [0.2, 0.25) is 0 Å². The molecule has 1 N–H and O–H groups in total. The van der Waals surface area contributed by atoms with Crippen LogP contribution >= 0.6 is 22.9 Å². The normalized spacial score (nSPS) is 10.8. The van der Waals surface area contributed by atoms with Crippen LogP contribution in [0, 0.1) is 13.8 Å². The van der Waals surface area contributed by atoms with Crippen molar-refractivity contribution in [2.24, 2.45) is 0 Å². The molecule has 23 heavy (non-hydrogen) atoms. The summed E-state index contributed by atoms with van der Waals surface area (Å²) in [5.74, 6) is 0.525. The zero-order valence-electron chi connectivity index (χ0n) is 13.1. The molecule has 1 aromatic heterocycles. The molecule has 2 aromatic carbocycles. The summed E-state index contributed by atoms with van der Waals surface area (Å²) in [5.41, 5.74) is 3.09. The van der Waals surface area contributed by atoms with Crippen molar-refractivity contribution in [1.29, 1.82) is 0 Å². The van der Waals surface area contributed by atoms with Crippen molar-refractivity contribution in [3.63, 3.8) is 0 Å². The van der Waals surface area contributed by atoms with Crippen LogP contribution in [0.1, 0.15) is 20.8 Å². The van der Waals surface area contributed by atoms with E-state index >= 15 is 0 Å². The Balaban J connectivity index is 1.94. The van der Waals surface area contributed by atoms with E-state index in [0.717, 1.165) is 27.1 Å². The quantitative estimate of drug-likeness (QED) is 0.687. The Morgan fingerprint density at radius 2 is 1.91 bits per heavy atom. The van der Waals surface area contributed by atoms with Gasteiger partial charge < -0.3 is 10.1 Å². The van der Waals surface area contributed by atoms with E-state index in [1.807, 2.05) is 50.2 Å². The minimum absolute atomic E-state index is 0.196. The number of nitrogens with one attached hydrogen (secondary N) is 1. The Labute approximate surface area is 143 Å². The number of amides is 1. The fourth-order valence-corrected chi connectivity index (χ4v) is 3.71. The van der Waals surface area contributed by atoms with Crippen molar-refractivity contribution < 1.29 is 9.53 Å². The van der Waals surface area contributed by atoms with Gasteiger partial charge in [0.25, 0.3) is 5.91 Å².